The third-order valence-electron chi connectivity index (χ3n) is 3.70. The third-order valence-corrected chi connectivity index (χ3v) is 3.70. The summed E-state index contributed by atoms with van der Waals surface area (Å²) < 4.78 is 5.54. The number of benzene rings is 2. The molecule has 1 amide bonds. The minimum Gasteiger partial charge on any atom is -0.367 e. The van der Waals surface area contributed by atoms with E-state index >= 15 is 0 Å². The Hall–Kier alpha value is -2.13. The number of hydrogen-bond donors (Lipinski definition) is 1. The number of carbonyl (C=O) groups excluding carboxylic acids is 1. The van der Waals surface area contributed by atoms with E-state index < -0.39 is 0 Å². The van der Waals surface area contributed by atoms with Crippen molar-refractivity contribution < 1.29 is 9.53 Å². The molecule has 0 radical (unpaired) electrons. The van der Waals surface area contributed by atoms with Gasteiger partial charge in [-0.15, -0.1) is 0 Å². The molecule has 0 aromatic heterocycles. The van der Waals surface area contributed by atoms with Gasteiger partial charge in [-0.05, 0) is 23.0 Å². The van der Waals surface area contributed by atoms with Crippen LogP contribution in [0.2, 0.25) is 0 Å². The Bertz CT molecular complexity index is 617. The van der Waals surface area contributed by atoms with Gasteiger partial charge in [0.2, 0.25) is 5.91 Å². The molecule has 0 aliphatic heterocycles. The van der Waals surface area contributed by atoms with Gasteiger partial charge in [0.05, 0.1) is 12.6 Å². The molecule has 24 heavy (non-hydrogen) atoms. The molecule has 2 aromatic carbocycles. The molecule has 0 saturated heterocycles. The summed E-state index contributed by atoms with van der Waals surface area (Å²) in [6.45, 7) is 7.06. The first kappa shape index (κ1) is 18.2. The van der Waals surface area contributed by atoms with E-state index in [4.69, 9.17) is 4.74 Å². The maximum atomic E-state index is 12.3. The van der Waals surface area contributed by atoms with Crippen molar-refractivity contribution >= 4 is 5.91 Å². The van der Waals surface area contributed by atoms with Crippen LogP contribution in [0.5, 0.6) is 0 Å². The molecular weight excluding hydrogens is 298 g/mol. The Morgan fingerprint density at radius 1 is 1.00 bits per heavy atom. The highest BCUT2D eigenvalue weighted by atomic mass is 16.5. The van der Waals surface area contributed by atoms with Crippen LogP contribution in [0.15, 0.2) is 60.7 Å². The average Bonchev–Trinajstić information content (AvgIpc) is 2.55. The normalized spacial score (nSPS) is 12.6. The van der Waals surface area contributed by atoms with Crippen LogP contribution >= 0.6 is 0 Å². The highest BCUT2D eigenvalue weighted by molar-refractivity contribution is 5.77. The minimum absolute atomic E-state index is 0.000903. The Morgan fingerprint density at radius 3 is 2.17 bits per heavy atom. The van der Waals surface area contributed by atoms with Gasteiger partial charge in [-0.25, -0.2) is 0 Å². The maximum absolute atomic E-state index is 12.3. The van der Waals surface area contributed by atoms with E-state index in [1.807, 2.05) is 48.5 Å². The van der Waals surface area contributed by atoms with E-state index in [0.29, 0.717) is 6.61 Å². The summed E-state index contributed by atoms with van der Waals surface area (Å²) >= 11 is 0. The van der Waals surface area contributed by atoms with Crippen molar-refractivity contribution in [2.45, 2.75) is 39.8 Å². The Labute approximate surface area is 145 Å². The monoisotopic (exact) mass is 325 g/mol. The molecular formula is C21H27NO2. The van der Waals surface area contributed by atoms with Crippen LogP contribution in [-0.2, 0) is 16.1 Å². The zero-order chi connectivity index (χ0) is 17.4. The summed E-state index contributed by atoms with van der Waals surface area (Å²) in [4.78, 5) is 12.3. The number of nitrogens with one attached hydrogen (secondary N) is 1. The van der Waals surface area contributed by atoms with Gasteiger partial charge in [0, 0.05) is 0 Å². The Morgan fingerprint density at radius 2 is 1.58 bits per heavy atom. The first-order valence-electron chi connectivity index (χ1n) is 8.40. The van der Waals surface area contributed by atoms with Crippen LogP contribution in [-0.4, -0.2) is 12.5 Å². The summed E-state index contributed by atoms with van der Waals surface area (Å²) in [5.41, 5.74) is 2.32. The average molecular weight is 325 g/mol. The summed E-state index contributed by atoms with van der Waals surface area (Å²) in [6, 6.07) is 20.0. The molecule has 1 atom stereocenters. The summed E-state index contributed by atoms with van der Waals surface area (Å²) in [5.74, 6) is -0.0796. The minimum atomic E-state index is -0.0796. The predicted molar refractivity (Wildman–Crippen MR) is 97.5 cm³/mol. The van der Waals surface area contributed by atoms with Crippen molar-refractivity contribution in [3.63, 3.8) is 0 Å². The van der Waals surface area contributed by atoms with E-state index in [1.165, 1.54) is 0 Å². The molecule has 2 aromatic rings. The molecule has 0 fully saturated rings. The van der Waals surface area contributed by atoms with Gasteiger partial charge >= 0.3 is 0 Å². The third kappa shape index (κ3) is 6.55. The second kappa shape index (κ2) is 8.65. The Kier molecular flexibility index (Phi) is 6.56. The quantitative estimate of drug-likeness (QED) is 0.814. The lowest BCUT2D eigenvalue weighted by Gasteiger charge is -2.27. The van der Waals surface area contributed by atoms with Gasteiger partial charge in [0.15, 0.2) is 0 Å². The fourth-order valence-corrected chi connectivity index (χ4v) is 2.62. The lowest BCUT2D eigenvalue weighted by molar-refractivity contribution is -0.127. The standard InChI is InChI=1S/C21H27NO2/c1-21(2,3)14-19(18-12-8-5-9-13-18)22-20(23)16-24-15-17-10-6-4-7-11-17/h4-13,19H,14-16H2,1-3H3,(H,22,23). The van der Waals surface area contributed by atoms with Crippen LogP contribution in [0, 0.1) is 5.41 Å². The van der Waals surface area contributed by atoms with Gasteiger partial charge in [-0.3, -0.25) is 4.79 Å². The highest BCUT2D eigenvalue weighted by Crippen LogP contribution is 2.29. The van der Waals surface area contributed by atoms with E-state index in [1.54, 1.807) is 0 Å². The van der Waals surface area contributed by atoms with Gasteiger partial charge < -0.3 is 10.1 Å². The second-order valence-corrected chi connectivity index (χ2v) is 7.27. The van der Waals surface area contributed by atoms with Crippen LogP contribution in [0.4, 0.5) is 0 Å². The molecule has 0 saturated carbocycles. The fourth-order valence-electron chi connectivity index (χ4n) is 2.62. The molecule has 2 rings (SSSR count). The summed E-state index contributed by atoms with van der Waals surface area (Å²) in [5, 5.41) is 3.11. The summed E-state index contributed by atoms with van der Waals surface area (Å²) in [7, 11) is 0. The van der Waals surface area contributed by atoms with Crippen LogP contribution in [0.1, 0.15) is 44.4 Å². The molecule has 0 aliphatic rings. The molecule has 0 heterocycles. The van der Waals surface area contributed by atoms with Crippen molar-refractivity contribution in [2.24, 2.45) is 5.41 Å². The van der Waals surface area contributed by atoms with Crippen molar-refractivity contribution in [1.29, 1.82) is 0 Å². The number of ether oxygens (including phenoxy) is 1. The predicted octanol–water partition coefficient (Wildman–Crippen LogP) is 4.50. The smallest absolute Gasteiger partial charge is 0.246 e. The number of rotatable bonds is 7. The zero-order valence-corrected chi connectivity index (χ0v) is 14.8. The molecule has 1 N–H and O–H groups in total. The Balaban J connectivity index is 1.90. The molecule has 1 unspecified atom stereocenters. The van der Waals surface area contributed by atoms with Crippen LogP contribution in [0.3, 0.4) is 0 Å². The van der Waals surface area contributed by atoms with E-state index in [9.17, 15) is 4.79 Å². The van der Waals surface area contributed by atoms with Crippen LogP contribution in [0.25, 0.3) is 0 Å². The number of amides is 1. The van der Waals surface area contributed by atoms with Crippen molar-refractivity contribution in [2.75, 3.05) is 6.61 Å². The van der Waals surface area contributed by atoms with E-state index in [-0.39, 0.29) is 24.0 Å². The zero-order valence-electron chi connectivity index (χ0n) is 14.8. The van der Waals surface area contributed by atoms with Crippen molar-refractivity contribution in [1.82, 2.24) is 5.32 Å². The fraction of sp³-hybridized carbons (Fsp3) is 0.381. The lowest BCUT2D eigenvalue weighted by Crippen LogP contribution is -2.33. The first-order valence-corrected chi connectivity index (χ1v) is 8.40. The van der Waals surface area contributed by atoms with E-state index in [2.05, 4.69) is 38.2 Å². The highest BCUT2D eigenvalue weighted by Gasteiger charge is 2.21. The molecule has 128 valence electrons. The first-order chi connectivity index (χ1) is 11.4. The number of hydrogen-bond acceptors (Lipinski definition) is 2. The molecule has 3 heteroatoms. The second-order valence-electron chi connectivity index (χ2n) is 7.27. The van der Waals surface area contributed by atoms with Crippen molar-refractivity contribution in [3.8, 4) is 0 Å². The topological polar surface area (TPSA) is 38.3 Å². The van der Waals surface area contributed by atoms with Crippen LogP contribution < -0.4 is 5.32 Å². The van der Waals surface area contributed by atoms with Gasteiger partial charge in [0.1, 0.15) is 6.61 Å². The SMILES string of the molecule is CC(C)(C)CC(NC(=O)COCc1ccccc1)c1ccccc1. The largest absolute Gasteiger partial charge is 0.367 e. The molecule has 3 nitrogen and oxygen atoms in total. The van der Waals surface area contributed by atoms with Gasteiger partial charge in [-0.1, -0.05) is 81.4 Å². The molecule has 0 aliphatic carbocycles. The summed E-state index contributed by atoms with van der Waals surface area (Å²) in [6.07, 6.45) is 0.876. The lowest BCUT2D eigenvalue weighted by atomic mass is 9.85. The molecule has 0 bridgehead atoms. The van der Waals surface area contributed by atoms with Gasteiger partial charge in [0.25, 0.3) is 0 Å². The molecule has 0 spiro atoms. The maximum Gasteiger partial charge on any atom is 0.246 e. The van der Waals surface area contributed by atoms with Gasteiger partial charge in [-0.2, -0.15) is 0 Å². The van der Waals surface area contributed by atoms with E-state index in [0.717, 1.165) is 17.5 Å². The number of carbonyl (C=O) groups is 1. The van der Waals surface area contributed by atoms with Crippen molar-refractivity contribution in [3.05, 3.63) is 71.8 Å².